The van der Waals surface area contributed by atoms with Gasteiger partial charge < -0.3 is 9.94 Å². The van der Waals surface area contributed by atoms with E-state index in [1.165, 1.54) is 11.1 Å². The van der Waals surface area contributed by atoms with Crippen LogP contribution in [0, 0.1) is 13.8 Å². The monoisotopic (exact) mass is 249 g/mol. The van der Waals surface area contributed by atoms with E-state index in [-0.39, 0.29) is 12.3 Å². The first-order chi connectivity index (χ1) is 8.58. The number of ether oxygens (including phenoxy) is 1. The Morgan fingerprint density at radius 1 is 1.39 bits per heavy atom. The van der Waals surface area contributed by atoms with E-state index in [0.29, 0.717) is 12.8 Å². The number of aryl methyl sites for hydroxylation is 3. The Labute approximate surface area is 107 Å². The molecule has 0 heterocycles. The van der Waals surface area contributed by atoms with E-state index in [2.05, 4.69) is 11.2 Å². The third-order valence-corrected chi connectivity index (χ3v) is 2.76. The first-order valence-electron chi connectivity index (χ1n) is 6.02. The van der Waals surface area contributed by atoms with Gasteiger partial charge in [-0.05, 0) is 38.3 Å². The Kier molecular flexibility index (Phi) is 5.36. The second-order valence-electron chi connectivity index (χ2n) is 4.20. The van der Waals surface area contributed by atoms with Crippen LogP contribution in [0.3, 0.4) is 0 Å². The maximum absolute atomic E-state index is 11.4. The molecule has 98 valence electrons. The molecular formula is C14H19NO3. The maximum atomic E-state index is 11.4. The van der Waals surface area contributed by atoms with Gasteiger partial charge in [-0.2, -0.15) is 0 Å². The summed E-state index contributed by atoms with van der Waals surface area (Å²) in [6.45, 7) is 6.07. The number of hydrogen-bond acceptors (Lipinski definition) is 4. The van der Waals surface area contributed by atoms with Gasteiger partial charge in [0.1, 0.15) is 0 Å². The fourth-order valence-electron chi connectivity index (χ4n) is 1.79. The highest BCUT2D eigenvalue weighted by atomic mass is 16.5. The van der Waals surface area contributed by atoms with E-state index in [1.54, 1.807) is 6.92 Å². The molecule has 0 aliphatic carbocycles. The molecule has 1 aromatic carbocycles. The summed E-state index contributed by atoms with van der Waals surface area (Å²) < 4.78 is 4.80. The van der Waals surface area contributed by atoms with Crippen molar-refractivity contribution in [3.8, 4) is 0 Å². The molecule has 0 unspecified atom stereocenters. The van der Waals surface area contributed by atoms with Gasteiger partial charge in [0.2, 0.25) is 0 Å². The highest BCUT2D eigenvalue weighted by Gasteiger charge is 2.13. The molecule has 0 bridgehead atoms. The minimum atomic E-state index is -0.551. The first kappa shape index (κ1) is 14.2. The summed E-state index contributed by atoms with van der Waals surface area (Å²) in [6.07, 6.45) is 1.03. The molecule has 0 saturated carbocycles. The van der Waals surface area contributed by atoms with Gasteiger partial charge in [0.15, 0.2) is 5.71 Å². The molecular weight excluding hydrogens is 230 g/mol. The number of esters is 1. The lowest BCUT2D eigenvalue weighted by molar-refractivity contribution is -0.135. The SMILES string of the molecule is CCOC(=O)/C(CCc1ccc(C)cc1C)=N\O. The molecule has 0 aliphatic rings. The lowest BCUT2D eigenvalue weighted by Crippen LogP contribution is -2.18. The van der Waals surface area contributed by atoms with Crippen molar-refractivity contribution in [3.63, 3.8) is 0 Å². The van der Waals surface area contributed by atoms with E-state index in [9.17, 15) is 4.79 Å². The summed E-state index contributed by atoms with van der Waals surface area (Å²) in [5.41, 5.74) is 3.59. The van der Waals surface area contributed by atoms with Crippen molar-refractivity contribution in [1.29, 1.82) is 0 Å². The van der Waals surface area contributed by atoms with E-state index in [1.807, 2.05) is 26.0 Å². The molecule has 4 heteroatoms. The van der Waals surface area contributed by atoms with Crippen LogP contribution < -0.4 is 0 Å². The molecule has 0 aromatic heterocycles. The average molecular weight is 249 g/mol. The van der Waals surface area contributed by atoms with Crippen molar-refractivity contribution >= 4 is 11.7 Å². The van der Waals surface area contributed by atoms with Crippen molar-refractivity contribution in [2.24, 2.45) is 5.16 Å². The van der Waals surface area contributed by atoms with Crippen LogP contribution in [-0.4, -0.2) is 23.5 Å². The molecule has 1 aromatic rings. The van der Waals surface area contributed by atoms with E-state index in [0.717, 1.165) is 5.56 Å². The Morgan fingerprint density at radius 2 is 2.11 bits per heavy atom. The summed E-state index contributed by atoms with van der Waals surface area (Å²) in [5.74, 6) is -0.551. The molecule has 0 aliphatic heterocycles. The van der Waals surface area contributed by atoms with Gasteiger partial charge in [-0.25, -0.2) is 4.79 Å². The molecule has 0 amide bonds. The van der Waals surface area contributed by atoms with Crippen LogP contribution in [0.25, 0.3) is 0 Å². The topological polar surface area (TPSA) is 58.9 Å². The molecule has 0 spiro atoms. The standard InChI is InChI=1S/C14H19NO3/c1-4-18-14(16)13(15-17)8-7-12-6-5-10(2)9-11(12)3/h5-6,9,17H,4,7-8H2,1-3H3/b15-13-. The Balaban J connectivity index is 2.66. The Bertz CT molecular complexity index is 452. The zero-order valence-corrected chi connectivity index (χ0v) is 11.1. The number of benzene rings is 1. The number of carbonyl (C=O) groups is 1. The largest absolute Gasteiger partial charge is 0.461 e. The summed E-state index contributed by atoms with van der Waals surface area (Å²) in [5, 5.41) is 11.8. The molecule has 0 fully saturated rings. The fraction of sp³-hybridized carbons (Fsp3) is 0.429. The van der Waals surface area contributed by atoms with Crippen LogP contribution >= 0.6 is 0 Å². The number of rotatable bonds is 5. The van der Waals surface area contributed by atoms with Gasteiger partial charge in [-0.15, -0.1) is 0 Å². The fourth-order valence-corrected chi connectivity index (χ4v) is 1.79. The average Bonchev–Trinajstić information content (AvgIpc) is 2.32. The minimum Gasteiger partial charge on any atom is -0.461 e. The van der Waals surface area contributed by atoms with Gasteiger partial charge in [-0.3, -0.25) is 0 Å². The summed E-state index contributed by atoms with van der Waals surface area (Å²) in [7, 11) is 0. The van der Waals surface area contributed by atoms with Gasteiger partial charge in [0, 0.05) is 6.42 Å². The van der Waals surface area contributed by atoms with Gasteiger partial charge >= 0.3 is 5.97 Å². The van der Waals surface area contributed by atoms with Crippen LogP contribution in [0.15, 0.2) is 23.4 Å². The van der Waals surface area contributed by atoms with Crippen LogP contribution in [-0.2, 0) is 16.0 Å². The molecule has 0 atom stereocenters. The van der Waals surface area contributed by atoms with E-state index < -0.39 is 5.97 Å². The summed E-state index contributed by atoms with van der Waals surface area (Å²) in [6, 6.07) is 6.16. The van der Waals surface area contributed by atoms with Crippen LogP contribution in [0.4, 0.5) is 0 Å². The quantitative estimate of drug-likeness (QED) is 0.378. The first-order valence-corrected chi connectivity index (χ1v) is 6.02. The van der Waals surface area contributed by atoms with Crippen molar-refractivity contribution in [1.82, 2.24) is 0 Å². The van der Waals surface area contributed by atoms with Crippen molar-refractivity contribution in [3.05, 3.63) is 34.9 Å². The third kappa shape index (κ3) is 3.87. The number of hydrogen-bond donors (Lipinski definition) is 1. The van der Waals surface area contributed by atoms with Crippen LogP contribution in [0.1, 0.15) is 30.0 Å². The number of carbonyl (C=O) groups excluding carboxylic acids is 1. The normalized spacial score (nSPS) is 11.4. The number of oxime groups is 1. The van der Waals surface area contributed by atoms with Crippen molar-refractivity contribution in [2.45, 2.75) is 33.6 Å². The van der Waals surface area contributed by atoms with E-state index in [4.69, 9.17) is 9.94 Å². The predicted molar refractivity (Wildman–Crippen MR) is 70.1 cm³/mol. The molecule has 18 heavy (non-hydrogen) atoms. The van der Waals surface area contributed by atoms with Crippen molar-refractivity contribution < 1.29 is 14.7 Å². The molecule has 1 rings (SSSR count). The lowest BCUT2D eigenvalue weighted by atomic mass is 10.0. The Morgan fingerprint density at radius 3 is 2.67 bits per heavy atom. The molecule has 1 N–H and O–H groups in total. The van der Waals surface area contributed by atoms with Gasteiger partial charge in [0.05, 0.1) is 6.61 Å². The predicted octanol–water partition coefficient (Wildman–Crippen LogP) is 2.63. The summed E-state index contributed by atoms with van der Waals surface area (Å²) in [4.78, 5) is 11.4. The smallest absolute Gasteiger partial charge is 0.356 e. The molecule has 0 saturated heterocycles. The third-order valence-electron chi connectivity index (χ3n) is 2.76. The van der Waals surface area contributed by atoms with Gasteiger partial charge in [0.25, 0.3) is 0 Å². The summed E-state index contributed by atoms with van der Waals surface area (Å²) >= 11 is 0. The van der Waals surface area contributed by atoms with Crippen LogP contribution in [0.5, 0.6) is 0 Å². The molecule has 0 radical (unpaired) electrons. The molecule has 4 nitrogen and oxygen atoms in total. The highest BCUT2D eigenvalue weighted by Crippen LogP contribution is 2.13. The van der Waals surface area contributed by atoms with Crippen LogP contribution in [0.2, 0.25) is 0 Å². The van der Waals surface area contributed by atoms with Crippen molar-refractivity contribution in [2.75, 3.05) is 6.61 Å². The van der Waals surface area contributed by atoms with Gasteiger partial charge in [-0.1, -0.05) is 28.9 Å². The zero-order chi connectivity index (χ0) is 13.5. The maximum Gasteiger partial charge on any atom is 0.356 e. The minimum absolute atomic E-state index is 0.0665. The van der Waals surface area contributed by atoms with E-state index >= 15 is 0 Å². The lowest BCUT2D eigenvalue weighted by Gasteiger charge is -2.07. The number of nitrogens with zero attached hydrogens (tertiary/aromatic N) is 1. The zero-order valence-electron chi connectivity index (χ0n) is 11.1. The second-order valence-corrected chi connectivity index (χ2v) is 4.20. The highest BCUT2D eigenvalue weighted by molar-refractivity contribution is 6.36. The Hall–Kier alpha value is -1.84. The second kappa shape index (κ2) is 6.79.